The van der Waals surface area contributed by atoms with Gasteiger partial charge in [0.1, 0.15) is 17.5 Å². The highest BCUT2D eigenvalue weighted by atomic mass is 35.5. The number of pyridine rings is 1. The minimum absolute atomic E-state index is 0.00265. The minimum Gasteiger partial charge on any atom is -0.492 e. The molecule has 3 saturated carbocycles. The number of halogens is 4. The molecule has 0 bridgehead atoms. The van der Waals surface area contributed by atoms with Crippen LogP contribution >= 0.6 is 23.2 Å². The predicted molar refractivity (Wildman–Crippen MR) is 204 cm³/mol. The number of alkyl halides is 2. The van der Waals surface area contributed by atoms with Crippen LogP contribution in [0.1, 0.15) is 117 Å². The second-order valence-corrected chi connectivity index (χ2v) is 16.4. The van der Waals surface area contributed by atoms with E-state index >= 15 is 0 Å². The average Bonchev–Trinajstić information content (AvgIpc) is 4.09. The lowest BCUT2D eigenvalue weighted by Crippen LogP contribution is -2.53. The molecular weight excluding hydrogens is 771 g/mol. The normalized spacial score (nSPS) is 16.5. The number of hydrazine groups is 1. The molecule has 3 aromatic rings. The van der Waals surface area contributed by atoms with Gasteiger partial charge in [0.05, 0.1) is 40.4 Å². The third kappa shape index (κ3) is 11.6. The van der Waals surface area contributed by atoms with Gasteiger partial charge in [0, 0.05) is 18.8 Å². The summed E-state index contributed by atoms with van der Waals surface area (Å²) in [4.78, 5) is 45.4. The zero-order valence-corrected chi connectivity index (χ0v) is 33.2. The first kappa shape index (κ1) is 41.3. The second kappa shape index (κ2) is 18.3. The van der Waals surface area contributed by atoms with Crippen molar-refractivity contribution in [3.8, 4) is 17.2 Å². The van der Waals surface area contributed by atoms with E-state index in [1.165, 1.54) is 53.8 Å². The summed E-state index contributed by atoms with van der Waals surface area (Å²) in [5, 5.41) is 1.80. The molecule has 15 heteroatoms. The van der Waals surface area contributed by atoms with E-state index in [-0.39, 0.29) is 50.9 Å². The number of carbonyl (C=O) groups excluding carboxylic acids is 3. The Bertz CT molecular complexity index is 1860. The van der Waals surface area contributed by atoms with Crippen LogP contribution < -0.4 is 19.6 Å². The summed E-state index contributed by atoms with van der Waals surface area (Å²) < 4.78 is 55.1. The molecular formula is C41H47Cl2F2N3O8. The summed E-state index contributed by atoms with van der Waals surface area (Å²) in [5.41, 5.74) is 2.99. The van der Waals surface area contributed by atoms with Crippen molar-refractivity contribution in [3.05, 3.63) is 81.1 Å². The van der Waals surface area contributed by atoms with Crippen LogP contribution in [0.3, 0.4) is 0 Å². The van der Waals surface area contributed by atoms with Crippen molar-refractivity contribution in [2.45, 2.75) is 109 Å². The van der Waals surface area contributed by atoms with Crippen molar-refractivity contribution in [2.24, 2.45) is 11.8 Å². The summed E-state index contributed by atoms with van der Waals surface area (Å²) in [6.07, 6.45) is 9.15. The summed E-state index contributed by atoms with van der Waals surface area (Å²) >= 11 is 13.0. The van der Waals surface area contributed by atoms with Crippen LogP contribution in [0.25, 0.3) is 0 Å². The quantitative estimate of drug-likeness (QED) is 0.118. The first-order chi connectivity index (χ1) is 26.7. The second-order valence-electron chi connectivity index (χ2n) is 15.6. The Morgan fingerprint density at radius 1 is 0.857 bits per heavy atom. The van der Waals surface area contributed by atoms with Gasteiger partial charge in [-0.1, -0.05) is 48.5 Å². The molecule has 1 heterocycles. The smallest absolute Gasteiger partial charge is 0.426 e. The third-order valence-corrected chi connectivity index (χ3v) is 10.4. The lowest BCUT2D eigenvalue weighted by molar-refractivity contribution is -0.0515. The number of carbonyl (C=O) groups is 3. The number of benzene rings is 2. The van der Waals surface area contributed by atoms with Gasteiger partial charge in [-0.2, -0.15) is 8.78 Å². The molecule has 0 saturated heterocycles. The van der Waals surface area contributed by atoms with Gasteiger partial charge >= 0.3 is 18.7 Å². The average molecular weight is 819 g/mol. The maximum atomic E-state index is 14.3. The third-order valence-electron chi connectivity index (χ3n) is 9.71. The van der Waals surface area contributed by atoms with Gasteiger partial charge in [-0.15, -0.1) is 0 Å². The molecule has 2 amide bonds. The van der Waals surface area contributed by atoms with Crippen LogP contribution in [0.2, 0.25) is 10.0 Å². The van der Waals surface area contributed by atoms with Gasteiger partial charge in [0.2, 0.25) is 0 Å². The fraction of sp³-hybridized carbons (Fsp3) is 0.512. The van der Waals surface area contributed by atoms with E-state index in [0.717, 1.165) is 44.9 Å². The highest BCUT2D eigenvalue weighted by molar-refractivity contribution is 6.35. The van der Waals surface area contributed by atoms with Gasteiger partial charge in [0.15, 0.2) is 11.5 Å². The predicted octanol–water partition coefficient (Wildman–Crippen LogP) is 9.92. The summed E-state index contributed by atoms with van der Waals surface area (Å²) in [5.74, 6) is -0.566. The summed E-state index contributed by atoms with van der Waals surface area (Å²) in [6.45, 7) is 2.79. The van der Waals surface area contributed by atoms with E-state index in [1.807, 2.05) is 0 Å². The molecule has 3 aliphatic carbocycles. The Kier molecular flexibility index (Phi) is 13.5. The van der Waals surface area contributed by atoms with E-state index in [1.54, 1.807) is 20.8 Å². The fourth-order valence-corrected chi connectivity index (χ4v) is 6.90. The minimum atomic E-state index is -3.08. The Hall–Kier alpha value is -4.36. The number of amides is 2. The molecule has 0 unspecified atom stereocenters. The molecule has 302 valence electrons. The Balaban J connectivity index is 1.31. The van der Waals surface area contributed by atoms with Crippen LogP contribution in [0.4, 0.5) is 13.6 Å². The maximum Gasteiger partial charge on any atom is 0.426 e. The topological polar surface area (TPSA) is 126 Å². The van der Waals surface area contributed by atoms with Gasteiger partial charge in [-0.3, -0.25) is 9.78 Å². The molecule has 11 nitrogen and oxygen atoms in total. The lowest BCUT2D eigenvalue weighted by Gasteiger charge is -2.35. The van der Waals surface area contributed by atoms with Crippen molar-refractivity contribution < 1.29 is 46.8 Å². The Morgan fingerprint density at radius 3 is 2.11 bits per heavy atom. The number of rotatable bonds is 15. The van der Waals surface area contributed by atoms with Crippen molar-refractivity contribution >= 4 is 41.2 Å². The Morgan fingerprint density at radius 2 is 1.50 bits per heavy atom. The van der Waals surface area contributed by atoms with Crippen LogP contribution in [-0.2, 0) is 15.9 Å². The molecule has 3 fully saturated rings. The number of ether oxygens (including phenoxy) is 5. The maximum absolute atomic E-state index is 14.3. The molecule has 1 N–H and O–H groups in total. The molecule has 6 rings (SSSR count). The van der Waals surface area contributed by atoms with Crippen molar-refractivity contribution in [1.29, 1.82) is 0 Å². The SMILES string of the molecule is CC(C)(C)OC(=O)NN(C(=O)c1ccc(C(=O)O[C@@H](Cc2c(Cl)cncc2Cl)c2ccc(OC(F)F)c(OCC3CC3)c2)cc1OCC1CC1)C1CCCCC1. The molecule has 2 aromatic carbocycles. The standard InChI is InChI=1S/C41H47Cl2F2N3O8/c1-41(2,3)56-40(51)47-48(28-7-5-4-6-8-28)37(49)29-15-13-27(18-35(29)52-22-24-9-10-24)38(50)54-34(19-30-31(42)20-46-21-32(30)43)26-14-16-33(55-39(44)45)36(17-26)53-23-25-11-12-25/h13-18,20-21,24-25,28,34,39H,4-12,19,22-23H2,1-3H3,(H,47,51)/t34-/m0/s1. The summed E-state index contributed by atoms with van der Waals surface area (Å²) in [6, 6.07) is 8.48. The molecule has 1 atom stereocenters. The molecule has 0 spiro atoms. The number of hydrogen-bond donors (Lipinski definition) is 1. The van der Waals surface area contributed by atoms with Gasteiger partial charge in [0.25, 0.3) is 5.91 Å². The van der Waals surface area contributed by atoms with Crippen LogP contribution in [0.15, 0.2) is 48.8 Å². The number of hydrogen-bond acceptors (Lipinski definition) is 9. The highest BCUT2D eigenvalue weighted by Gasteiger charge is 2.33. The molecule has 3 aliphatic rings. The van der Waals surface area contributed by atoms with Gasteiger partial charge in [-0.25, -0.2) is 20.0 Å². The largest absolute Gasteiger partial charge is 0.492 e. The van der Waals surface area contributed by atoms with E-state index < -0.39 is 36.3 Å². The van der Waals surface area contributed by atoms with Crippen molar-refractivity contribution in [3.63, 3.8) is 0 Å². The zero-order valence-electron chi connectivity index (χ0n) is 31.7. The first-order valence-electron chi connectivity index (χ1n) is 19.0. The van der Waals surface area contributed by atoms with Crippen molar-refractivity contribution in [2.75, 3.05) is 13.2 Å². The van der Waals surface area contributed by atoms with E-state index in [4.69, 9.17) is 46.9 Å². The molecule has 0 radical (unpaired) electrons. The van der Waals surface area contributed by atoms with E-state index in [2.05, 4.69) is 10.4 Å². The van der Waals surface area contributed by atoms with E-state index in [9.17, 15) is 23.2 Å². The van der Waals surface area contributed by atoms with Crippen LogP contribution in [0, 0.1) is 11.8 Å². The fourth-order valence-electron chi connectivity index (χ4n) is 6.38. The number of nitrogens with one attached hydrogen (secondary N) is 1. The molecule has 0 aliphatic heterocycles. The van der Waals surface area contributed by atoms with Gasteiger partial charge in [-0.05, 0) is 113 Å². The highest BCUT2D eigenvalue weighted by Crippen LogP contribution is 2.39. The van der Waals surface area contributed by atoms with Crippen LogP contribution in [0.5, 0.6) is 17.2 Å². The van der Waals surface area contributed by atoms with Crippen LogP contribution in [-0.4, -0.2) is 59.4 Å². The zero-order chi connectivity index (χ0) is 40.0. The van der Waals surface area contributed by atoms with Crippen molar-refractivity contribution in [1.82, 2.24) is 15.4 Å². The number of aromatic nitrogens is 1. The Labute approximate surface area is 335 Å². The first-order valence-corrected chi connectivity index (χ1v) is 19.8. The van der Waals surface area contributed by atoms with E-state index in [0.29, 0.717) is 49.0 Å². The lowest BCUT2D eigenvalue weighted by atomic mass is 9.94. The molecule has 56 heavy (non-hydrogen) atoms. The molecule has 1 aromatic heterocycles. The summed E-state index contributed by atoms with van der Waals surface area (Å²) in [7, 11) is 0. The monoisotopic (exact) mass is 817 g/mol. The van der Waals surface area contributed by atoms with Gasteiger partial charge < -0.3 is 23.7 Å². The number of nitrogens with zero attached hydrogens (tertiary/aromatic N) is 2. The number of esters is 1.